The van der Waals surface area contributed by atoms with E-state index in [9.17, 15) is 9.59 Å². The molecular weight excluding hydrogens is 373 g/mol. The standard InChI is InChI=1S/C19H19Cl2N3O2/c1-12(13-6-3-2-4-7-13)24-11-14(10-17(24)25)22-19(26)23-18-15(20)8-5-9-16(18)21/h2-9,12,14H,10-11H2,1H3,(H2,22,23,26). The highest BCUT2D eigenvalue weighted by Gasteiger charge is 2.34. The maximum absolute atomic E-state index is 12.4. The van der Waals surface area contributed by atoms with Crippen LogP contribution in [0.2, 0.25) is 10.0 Å². The van der Waals surface area contributed by atoms with Crippen LogP contribution in [0.3, 0.4) is 0 Å². The Bertz CT molecular complexity index is 793. The number of likely N-dealkylation sites (tertiary alicyclic amines) is 1. The van der Waals surface area contributed by atoms with Crippen molar-refractivity contribution < 1.29 is 9.59 Å². The highest BCUT2D eigenvalue weighted by molar-refractivity contribution is 6.39. The average molecular weight is 392 g/mol. The Kier molecular flexibility index (Phi) is 5.69. The lowest BCUT2D eigenvalue weighted by molar-refractivity contribution is -0.129. The van der Waals surface area contributed by atoms with Crippen LogP contribution in [0.25, 0.3) is 0 Å². The number of halogens is 2. The zero-order chi connectivity index (χ0) is 18.7. The van der Waals surface area contributed by atoms with E-state index in [0.717, 1.165) is 5.56 Å². The smallest absolute Gasteiger partial charge is 0.319 e. The molecule has 1 saturated heterocycles. The zero-order valence-electron chi connectivity index (χ0n) is 14.2. The molecule has 0 radical (unpaired) electrons. The Morgan fingerprint density at radius 1 is 1.12 bits per heavy atom. The van der Waals surface area contributed by atoms with E-state index in [-0.39, 0.29) is 24.4 Å². The first kappa shape index (κ1) is 18.5. The Labute approximate surface area is 162 Å². The number of hydrogen-bond donors (Lipinski definition) is 2. The summed E-state index contributed by atoms with van der Waals surface area (Å²) in [5.41, 5.74) is 1.42. The third-order valence-corrected chi connectivity index (χ3v) is 5.07. The molecule has 7 heteroatoms. The summed E-state index contributed by atoms with van der Waals surface area (Å²) >= 11 is 12.1. The number of urea groups is 1. The second-order valence-electron chi connectivity index (χ2n) is 6.23. The minimum atomic E-state index is -0.438. The average Bonchev–Trinajstić information content (AvgIpc) is 2.98. The summed E-state index contributed by atoms with van der Waals surface area (Å²) in [6.07, 6.45) is 0.265. The van der Waals surface area contributed by atoms with Gasteiger partial charge in [0.15, 0.2) is 0 Å². The van der Waals surface area contributed by atoms with Crippen LogP contribution in [0.4, 0.5) is 10.5 Å². The normalized spacial score (nSPS) is 17.9. The van der Waals surface area contributed by atoms with Crippen LogP contribution < -0.4 is 10.6 Å². The lowest BCUT2D eigenvalue weighted by atomic mass is 10.1. The van der Waals surface area contributed by atoms with Crippen LogP contribution in [0, 0.1) is 0 Å². The van der Waals surface area contributed by atoms with E-state index in [4.69, 9.17) is 23.2 Å². The van der Waals surface area contributed by atoms with Gasteiger partial charge in [-0.2, -0.15) is 0 Å². The monoisotopic (exact) mass is 391 g/mol. The van der Waals surface area contributed by atoms with Crippen LogP contribution in [-0.4, -0.2) is 29.4 Å². The molecule has 26 heavy (non-hydrogen) atoms. The van der Waals surface area contributed by atoms with E-state index >= 15 is 0 Å². The van der Waals surface area contributed by atoms with Gasteiger partial charge in [0.2, 0.25) is 5.91 Å². The number of para-hydroxylation sites is 1. The van der Waals surface area contributed by atoms with Gasteiger partial charge in [0.1, 0.15) is 0 Å². The molecule has 0 aromatic heterocycles. The maximum atomic E-state index is 12.4. The number of amides is 3. The fourth-order valence-electron chi connectivity index (χ4n) is 3.07. The lowest BCUT2D eigenvalue weighted by Crippen LogP contribution is -2.40. The number of anilines is 1. The van der Waals surface area contributed by atoms with Gasteiger partial charge in [-0.1, -0.05) is 59.6 Å². The van der Waals surface area contributed by atoms with E-state index in [1.54, 1.807) is 23.1 Å². The van der Waals surface area contributed by atoms with E-state index in [2.05, 4.69) is 10.6 Å². The van der Waals surface area contributed by atoms with Gasteiger partial charge in [-0.25, -0.2) is 4.79 Å². The van der Waals surface area contributed by atoms with Gasteiger partial charge in [0.25, 0.3) is 0 Å². The molecule has 2 atom stereocenters. The lowest BCUT2D eigenvalue weighted by Gasteiger charge is -2.25. The van der Waals surface area contributed by atoms with Crippen LogP contribution in [0.5, 0.6) is 0 Å². The van der Waals surface area contributed by atoms with Crippen LogP contribution in [-0.2, 0) is 4.79 Å². The zero-order valence-corrected chi connectivity index (χ0v) is 15.7. The van der Waals surface area contributed by atoms with Crippen molar-refractivity contribution in [3.63, 3.8) is 0 Å². The number of benzene rings is 2. The number of nitrogens with one attached hydrogen (secondary N) is 2. The summed E-state index contributed by atoms with van der Waals surface area (Å²) in [5, 5.41) is 6.18. The Balaban J connectivity index is 1.61. The first-order valence-electron chi connectivity index (χ1n) is 8.31. The molecule has 2 aromatic rings. The summed E-state index contributed by atoms with van der Waals surface area (Å²) in [6.45, 7) is 2.44. The largest absolute Gasteiger partial charge is 0.334 e. The fraction of sp³-hybridized carbons (Fsp3) is 0.263. The molecule has 1 aliphatic rings. The quantitative estimate of drug-likeness (QED) is 0.806. The van der Waals surface area contributed by atoms with E-state index in [1.807, 2.05) is 37.3 Å². The molecule has 2 N–H and O–H groups in total. The van der Waals surface area contributed by atoms with Crippen molar-refractivity contribution in [2.24, 2.45) is 0 Å². The summed E-state index contributed by atoms with van der Waals surface area (Å²) in [4.78, 5) is 26.4. The summed E-state index contributed by atoms with van der Waals surface area (Å²) in [5.74, 6) is 0.0161. The Morgan fingerprint density at radius 2 is 1.77 bits per heavy atom. The number of hydrogen-bond acceptors (Lipinski definition) is 2. The van der Waals surface area contributed by atoms with Crippen molar-refractivity contribution in [2.45, 2.75) is 25.4 Å². The molecule has 3 rings (SSSR count). The highest BCUT2D eigenvalue weighted by atomic mass is 35.5. The molecule has 136 valence electrons. The van der Waals surface area contributed by atoms with E-state index in [1.165, 1.54) is 0 Å². The number of carbonyl (C=O) groups is 2. The predicted octanol–water partition coefficient (Wildman–Crippen LogP) is 4.48. The molecule has 0 aliphatic carbocycles. The maximum Gasteiger partial charge on any atom is 0.319 e. The van der Waals surface area contributed by atoms with Gasteiger partial charge in [-0.15, -0.1) is 0 Å². The molecule has 1 fully saturated rings. The summed E-state index contributed by atoms with van der Waals surface area (Å²) in [7, 11) is 0. The van der Waals surface area contributed by atoms with E-state index < -0.39 is 6.03 Å². The second kappa shape index (κ2) is 7.98. The topological polar surface area (TPSA) is 61.4 Å². The van der Waals surface area contributed by atoms with Crippen molar-refractivity contribution in [3.05, 3.63) is 64.1 Å². The molecule has 5 nitrogen and oxygen atoms in total. The molecule has 0 spiro atoms. The minimum absolute atomic E-state index is 0.0161. The minimum Gasteiger partial charge on any atom is -0.334 e. The van der Waals surface area contributed by atoms with Gasteiger partial charge in [-0.05, 0) is 24.6 Å². The molecule has 1 heterocycles. The Hall–Kier alpha value is -2.24. The van der Waals surface area contributed by atoms with Crippen LogP contribution >= 0.6 is 23.2 Å². The van der Waals surface area contributed by atoms with Gasteiger partial charge < -0.3 is 15.5 Å². The third-order valence-electron chi connectivity index (χ3n) is 4.44. The molecular formula is C19H19Cl2N3O2. The van der Waals surface area contributed by atoms with Crippen LogP contribution in [0.15, 0.2) is 48.5 Å². The number of rotatable bonds is 4. The van der Waals surface area contributed by atoms with Crippen molar-refractivity contribution in [2.75, 3.05) is 11.9 Å². The first-order chi connectivity index (χ1) is 12.5. The van der Waals surface area contributed by atoms with Gasteiger partial charge in [-0.3, -0.25) is 4.79 Å². The van der Waals surface area contributed by atoms with Gasteiger partial charge >= 0.3 is 6.03 Å². The molecule has 0 bridgehead atoms. The van der Waals surface area contributed by atoms with Gasteiger partial charge in [0, 0.05) is 13.0 Å². The van der Waals surface area contributed by atoms with Crippen molar-refractivity contribution >= 4 is 40.8 Å². The molecule has 2 aromatic carbocycles. The van der Waals surface area contributed by atoms with Gasteiger partial charge in [0.05, 0.1) is 27.8 Å². The number of nitrogens with zero attached hydrogens (tertiary/aromatic N) is 1. The predicted molar refractivity (Wildman–Crippen MR) is 104 cm³/mol. The molecule has 0 saturated carbocycles. The fourth-order valence-corrected chi connectivity index (χ4v) is 3.56. The third kappa shape index (κ3) is 4.11. The SMILES string of the molecule is CC(c1ccccc1)N1CC(NC(=O)Nc2c(Cl)cccc2Cl)CC1=O. The molecule has 2 unspecified atom stereocenters. The Morgan fingerprint density at radius 3 is 2.42 bits per heavy atom. The van der Waals surface area contributed by atoms with Crippen molar-refractivity contribution in [1.29, 1.82) is 0 Å². The second-order valence-corrected chi connectivity index (χ2v) is 7.04. The number of carbonyl (C=O) groups excluding carboxylic acids is 2. The highest BCUT2D eigenvalue weighted by Crippen LogP contribution is 2.30. The van der Waals surface area contributed by atoms with Crippen LogP contribution in [0.1, 0.15) is 24.9 Å². The summed E-state index contributed by atoms with van der Waals surface area (Å²) < 4.78 is 0. The van der Waals surface area contributed by atoms with Crippen molar-refractivity contribution in [1.82, 2.24) is 10.2 Å². The molecule has 1 aliphatic heterocycles. The van der Waals surface area contributed by atoms with Crippen molar-refractivity contribution in [3.8, 4) is 0 Å². The summed E-state index contributed by atoms with van der Waals surface area (Å²) in [6, 6.07) is 14.1. The molecule has 3 amide bonds. The first-order valence-corrected chi connectivity index (χ1v) is 9.07. The van der Waals surface area contributed by atoms with E-state index in [0.29, 0.717) is 22.3 Å².